The van der Waals surface area contributed by atoms with E-state index in [1.165, 1.54) is 4.90 Å². The van der Waals surface area contributed by atoms with Gasteiger partial charge in [0.25, 0.3) is 0 Å². The minimum absolute atomic E-state index is 0.0661. The lowest BCUT2D eigenvalue weighted by Gasteiger charge is -2.18. The summed E-state index contributed by atoms with van der Waals surface area (Å²) in [6.45, 7) is 6.29. The van der Waals surface area contributed by atoms with Crippen molar-refractivity contribution in [3.05, 3.63) is 18.2 Å². The standard InChI is InChI=1S/C12H20N4O2/c1-12(2,3)10-13-7-9(8-14-10)15-11(18)16(4)5-6-17/h7-8,17H,5-6H2,1-4H3,(H,15,18). The highest BCUT2D eigenvalue weighted by molar-refractivity contribution is 5.88. The van der Waals surface area contributed by atoms with Crippen molar-refractivity contribution in [2.45, 2.75) is 26.2 Å². The van der Waals surface area contributed by atoms with Crippen LogP contribution in [0.2, 0.25) is 0 Å². The number of aromatic nitrogens is 2. The number of carbonyl (C=O) groups is 1. The van der Waals surface area contributed by atoms with E-state index in [9.17, 15) is 4.79 Å². The number of aliphatic hydroxyl groups is 1. The summed E-state index contributed by atoms with van der Waals surface area (Å²) in [5, 5.41) is 11.4. The van der Waals surface area contributed by atoms with E-state index in [1.807, 2.05) is 20.8 Å². The number of amides is 2. The molecule has 2 amide bonds. The predicted molar refractivity (Wildman–Crippen MR) is 69.5 cm³/mol. The summed E-state index contributed by atoms with van der Waals surface area (Å²) in [5.41, 5.74) is 0.425. The van der Waals surface area contributed by atoms with Crippen LogP contribution in [0, 0.1) is 0 Å². The van der Waals surface area contributed by atoms with Crippen molar-refractivity contribution in [2.24, 2.45) is 0 Å². The predicted octanol–water partition coefficient (Wildman–Crippen LogP) is 1.23. The number of carbonyl (C=O) groups excluding carboxylic acids is 1. The smallest absolute Gasteiger partial charge is 0.321 e. The van der Waals surface area contributed by atoms with Gasteiger partial charge in [-0.2, -0.15) is 0 Å². The Hall–Kier alpha value is -1.69. The third-order valence-electron chi connectivity index (χ3n) is 2.36. The van der Waals surface area contributed by atoms with E-state index in [-0.39, 0.29) is 24.6 Å². The van der Waals surface area contributed by atoms with Crippen LogP contribution in [0.15, 0.2) is 12.4 Å². The quantitative estimate of drug-likeness (QED) is 0.848. The molecule has 1 aromatic heterocycles. The zero-order valence-electron chi connectivity index (χ0n) is 11.3. The van der Waals surface area contributed by atoms with Crippen LogP contribution >= 0.6 is 0 Å². The first-order valence-electron chi connectivity index (χ1n) is 5.80. The van der Waals surface area contributed by atoms with Gasteiger partial charge in [-0.25, -0.2) is 14.8 Å². The fourth-order valence-corrected chi connectivity index (χ4v) is 1.25. The molecule has 0 aliphatic carbocycles. The maximum atomic E-state index is 11.6. The average molecular weight is 252 g/mol. The number of urea groups is 1. The van der Waals surface area contributed by atoms with Gasteiger partial charge in [-0.1, -0.05) is 20.8 Å². The molecule has 0 fully saturated rings. The molecule has 0 atom stereocenters. The Morgan fingerprint density at radius 2 is 1.94 bits per heavy atom. The first-order valence-corrected chi connectivity index (χ1v) is 5.80. The molecule has 0 aliphatic heterocycles. The number of rotatable bonds is 3. The number of aliphatic hydroxyl groups excluding tert-OH is 1. The minimum Gasteiger partial charge on any atom is -0.395 e. The van der Waals surface area contributed by atoms with E-state index in [0.717, 1.165) is 5.82 Å². The van der Waals surface area contributed by atoms with Gasteiger partial charge < -0.3 is 15.3 Å². The molecule has 2 N–H and O–H groups in total. The van der Waals surface area contributed by atoms with Crippen molar-refractivity contribution >= 4 is 11.7 Å². The van der Waals surface area contributed by atoms with Crippen LogP contribution in [-0.4, -0.2) is 46.2 Å². The number of hydrogen-bond donors (Lipinski definition) is 2. The molecule has 0 saturated carbocycles. The lowest BCUT2D eigenvalue weighted by Crippen LogP contribution is -2.33. The van der Waals surface area contributed by atoms with Crippen molar-refractivity contribution < 1.29 is 9.90 Å². The third-order valence-corrected chi connectivity index (χ3v) is 2.36. The van der Waals surface area contributed by atoms with E-state index < -0.39 is 0 Å². The molecule has 0 radical (unpaired) electrons. The van der Waals surface area contributed by atoms with Crippen LogP contribution in [0.25, 0.3) is 0 Å². The van der Waals surface area contributed by atoms with Gasteiger partial charge in [0.15, 0.2) is 0 Å². The van der Waals surface area contributed by atoms with Gasteiger partial charge in [-0.05, 0) is 0 Å². The number of hydrogen-bond acceptors (Lipinski definition) is 4. The van der Waals surface area contributed by atoms with Crippen LogP contribution in [0.3, 0.4) is 0 Å². The summed E-state index contributed by atoms with van der Waals surface area (Å²) in [6, 6.07) is -0.295. The molecule has 100 valence electrons. The van der Waals surface area contributed by atoms with Gasteiger partial charge in [-0.3, -0.25) is 0 Å². The van der Waals surface area contributed by atoms with Crippen LogP contribution in [-0.2, 0) is 5.41 Å². The summed E-state index contributed by atoms with van der Waals surface area (Å²) in [4.78, 5) is 21.4. The molecule has 0 aliphatic rings. The Morgan fingerprint density at radius 1 is 1.39 bits per heavy atom. The summed E-state index contributed by atoms with van der Waals surface area (Å²) in [7, 11) is 1.61. The second kappa shape index (κ2) is 5.77. The third kappa shape index (κ3) is 3.96. The van der Waals surface area contributed by atoms with Crippen LogP contribution in [0.1, 0.15) is 26.6 Å². The number of likely N-dealkylation sites (N-methyl/N-ethyl adjacent to an activating group) is 1. The Labute approximate surface area is 107 Å². The molecular formula is C12H20N4O2. The molecule has 1 aromatic rings. The van der Waals surface area contributed by atoms with Crippen molar-refractivity contribution in [1.82, 2.24) is 14.9 Å². The molecule has 0 spiro atoms. The summed E-state index contributed by atoms with van der Waals surface area (Å²) >= 11 is 0. The minimum atomic E-state index is -0.295. The Morgan fingerprint density at radius 3 is 2.39 bits per heavy atom. The van der Waals surface area contributed by atoms with Gasteiger partial charge in [-0.15, -0.1) is 0 Å². The number of nitrogens with one attached hydrogen (secondary N) is 1. The average Bonchev–Trinajstić information content (AvgIpc) is 2.28. The fourth-order valence-electron chi connectivity index (χ4n) is 1.25. The Bertz CT molecular complexity index is 398. The Balaban J connectivity index is 2.67. The molecule has 18 heavy (non-hydrogen) atoms. The lowest BCUT2D eigenvalue weighted by atomic mass is 9.96. The molecule has 6 nitrogen and oxygen atoms in total. The zero-order valence-corrected chi connectivity index (χ0v) is 11.3. The summed E-state index contributed by atoms with van der Waals surface area (Å²) < 4.78 is 0. The highest BCUT2D eigenvalue weighted by atomic mass is 16.3. The number of anilines is 1. The maximum Gasteiger partial charge on any atom is 0.321 e. The summed E-state index contributed by atoms with van der Waals surface area (Å²) in [6.07, 6.45) is 3.16. The van der Waals surface area contributed by atoms with Crippen molar-refractivity contribution in [1.29, 1.82) is 0 Å². The van der Waals surface area contributed by atoms with Crippen molar-refractivity contribution in [2.75, 3.05) is 25.5 Å². The van der Waals surface area contributed by atoms with E-state index >= 15 is 0 Å². The molecule has 0 aromatic carbocycles. The van der Waals surface area contributed by atoms with Crippen LogP contribution in [0.4, 0.5) is 10.5 Å². The molecule has 1 heterocycles. The monoisotopic (exact) mass is 252 g/mol. The molecule has 0 unspecified atom stereocenters. The van der Waals surface area contributed by atoms with Gasteiger partial charge in [0.05, 0.1) is 24.7 Å². The normalized spacial score (nSPS) is 11.2. The van der Waals surface area contributed by atoms with E-state index in [2.05, 4.69) is 15.3 Å². The van der Waals surface area contributed by atoms with Crippen LogP contribution in [0.5, 0.6) is 0 Å². The topological polar surface area (TPSA) is 78.4 Å². The lowest BCUT2D eigenvalue weighted by molar-refractivity contribution is 0.202. The SMILES string of the molecule is CN(CCO)C(=O)Nc1cnc(C(C)(C)C)nc1. The van der Waals surface area contributed by atoms with E-state index in [1.54, 1.807) is 19.4 Å². The van der Waals surface area contributed by atoms with E-state index in [4.69, 9.17) is 5.11 Å². The largest absolute Gasteiger partial charge is 0.395 e. The highest BCUT2D eigenvalue weighted by Crippen LogP contribution is 2.18. The highest BCUT2D eigenvalue weighted by Gasteiger charge is 2.17. The van der Waals surface area contributed by atoms with Gasteiger partial charge in [0.2, 0.25) is 0 Å². The molecule has 0 bridgehead atoms. The van der Waals surface area contributed by atoms with Crippen LogP contribution < -0.4 is 5.32 Å². The second-order valence-electron chi connectivity index (χ2n) is 5.12. The van der Waals surface area contributed by atoms with Gasteiger partial charge >= 0.3 is 6.03 Å². The molecule has 6 heteroatoms. The first-order chi connectivity index (χ1) is 8.34. The summed E-state index contributed by atoms with van der Waals surface area (Å²) in [5.74, 6) is 0.726. The molecular weight excluding hydrogens is 232 g/mol. The van der Waals surface area contributed by atoms with Crippen molar-refractivity contribution in [3.63, 3.8) is 0 Å². The maximum absolute atomic E-state index is 11.6. The molecule has 1 rings (SSSR count). The second-order valence-corrected chi connectivity index (χ2v) is 5.12. The van der Waals surface area contributed by atoms with E-state index in [0.29, 0.717) is 5.69 Å². The molecule has 0 saturated heterocycles. The van der Waals surface area contributed by atoms with Gasteiger partial charge in [0.1, 0.15) is 5.82 Å². The fraction of sp³-hybridized carbons (Fsp3) is 0.583. The number of nitrogens with zero attached hydrogens (tertiary/aromatic N) is 3. The van der Waals surface area contributed by atoms with Crippen molar-refractivity contribution in [3.8, 4) is 0 Å². The Kier molecular flexibility index (Phi) is 4.61. The van der Waals surface area contributed by atoms with Gasteiger partial charge in [0, 0.05) is 19.0 Å². The first kappa shape index (κ1) is 14.4. The zero-order chi connectivity index (χ0) is 13.8.